The van der Waals surface area contributed by atoms with E-state index in [0.29, 0.717) is 13.0 Å². The maximum atomic E-state index is 12.6. The highest BCUT2D eigenvalue weighted by atomic mass is 19.1. The zero-order valence-corrected chi connectivity index (χ0v) is 6.30. The van der Waals surface area contributed by atoms with Gasteiger partial charge in [0.1, 0.15) is 12.0 Å². The molecule has 0 spiro atoms. The van der Waals surface area contributed by atoms with Crippen LogP contribution in [-0.2, 0) is 4.79 Å². The van der Waals surface area contributed by atoms with Gasteiger partial charge in [0.2, 0.25) is 0 Å². The molecule has 0 aromatic rings. The number of alkyl halides is 1. The van der Waals surface area contributed by atoms with Crippen LogP contribution in [0.25, 0.3) is 0 Å². The third kappa shape index (κ3) is 1.34. The van der Waals surface area contributed by atoms with Gasteiger partial charge in [-0.3, -0.25) is 9.69 Å². The molecule has 1 rings (SSSR count). The van der Waals surface area contributed by atoms with Gasteiger partial charge < -0.3 is 0 Å². The normalized spacial score (nSPS) is 34.7. The van der Waals surface area contributed by atoms with Crippen molar-refractivity contribution in [3.05, 3.63) is 0 Å². The first-order chi connectivity index (χ1) is 4.61. The third-order valence-corrected chi connectivity index (χ3v) is 1.97. The molecule has 1 saturated heterocycles. The van der Waals surface area contributed by atoms with Crippen molar-refractivity contribution in [1.82, 2.24) is 4.90 Å². The van der Waals surface area contributed by atoms with Crippen LogP contribution in [0.2, 0.25) is 0 Å². The van der Waals surface area contributed by atoms with Crippen molar-refractivity contribution in [2.75, 3.05) is 13.6 Å². The lowest BCUT2D eigenvalue weighted by Gasteiger charge is -2.14. The number of ketones is 1. The SMILES string of the molecule is CC(=O)[C@H]1C[C@@H](F)CN1C. The third-order valence-electron chi connectivity index (χ3n) is 1.97. The summed E-state index contributed by atoms with van der Waals surface area (Å²) in [6.07, 6.45) is -0.426. The molecular formula is C7H12FNO. The Labute approximate surface area is 60.0 Å². The number of halogens is 1. The number of hydrogen-bond donors (Lipinski definition) is 0. The fourth-order valence-corrected chi connectivity index (χ4v) is 1.41. The molecule has 0 saturated carbocycles. The molecule has 1 fully saturated rings. The van der Waals surface area contributed by atoms with Crippen molar-refractivity contribution in [2.45, 2.75) is 25.6 Å². The molecule has 2 atom stereocenters. The van der Waals surface area contributed by atoms with Gasteiger partial charge in [-0.25, -0.2) is 4.39 Å². The molecule has 0 aromatic carbocycles. The quantitative estimate of drug-likeness (QED) is 0.539. The average molecular weight is 145 g/mol. The van der Waals surface area contributed by atoms with E-state index in [1.807, 2.05) is 0 Å². The van der Waals surface area contributed by atoms with Crippen molar-refractivity contribution >= 4 is 5.78 Å². The van der Waals surface area contributed by atoms with Crippen LogP contribution in [0.5, 0.6) is 0 Å². The number of carbonyl (C=O) groups is 1. The molecule has 0 radical (unpaired) electrons. The minimum absolute atomic E-state index is 0.0719. The van der Waals surface area contributed by atoms with Gasteiger partial charge in [-0.15, -0.1) is 0 Å². The number of likely N-dealkylation sites (tertiary alicyclic amines) is 1. The second-order valence-electron chi connectivity index (χ2n) is 2.90. The average Bonchev–Trinajstić information content (AvgIpc) is 2.10. The van der Waals surface area contributed by atoms with Crippen molar-refractivity contribution in [3.8, 4) is 0 Å². The molecule has 0 N–H and O–H groups in total. The van der Waals surface area contributed by atoms with Gasteiger partial charge in [0.25, 0.3) is 0 Å². The van der Waals surface area contributed by atoms with Crippen LogP contribution < -0.4 is 0 Å². The van der Waals surface area contributed by atoms with Crippen LogP contribution in [0.3, 0.4) is 0 Å². The monoisotopic (exact) mass is 145 g/mol. The standard InChI is InChI=1S/C7H12FNO/c1-5(10)7-3-6(8)4-9(7)2/h6-7H,3-4H2,1-2H3/t6-,7-/m1/s1. The molecule has 3 heteroatoms. The topological polar surface area (TPSA) is 20.3 Å². The smallest absolute Gasteiger partial charge is 0.146 e. The minimum atomic E-state index is -0.807. The van der Waals surface area contributed by atoms with Gasteiger partial charge in [-0.05, 0) is 14.0 Å². The Bertz CT molecular complexity index is 149. The maximum Gasteiger partial charge on any atom is 0.146 e. The molecule has 0 aromatic heterocycles. The second-order valence-corrected chi connectivity index (χ2v) is 2.90. The summed E-state index contributed by atoms with van der Waals surface area (Å²) in [4.78, 5) is 12.6. The van der Waals surface area contributed by atoms with Crippen LogP contribution >= 0.6 is 0 Å². The van der Waals surface area contributed by atoms with E-state index < -0.39 is 6.17 Å². The molecule has 0 bridgehead atoms. The van der Waals surface area contributed by atoms with Gasteiger partial charge in [-0.2, -0.15) is 0 Å². The molecule has 0 unspecified atom stereocenters. The number of Topliss-reactive ketones (excluding diaryl/α,β-unsaturated/α-hetero) is 1. The molecule has 0 amide bonds. The van der Waals surface area contributed by atoms with E-state index in [4.69, 9.17) is 0 Å². The molecular weight excluding hydrogens is 133 g/mol. The lowest BCUT2D eigenvalue weighted by Crippen LogP contribution is -2.30. The molecule has 58 valence electrons. The molecule has 2 nitrogen and oxygen atoms in total. The summed E-state index contributed by atoms with van der Waals surface area (Å²) in [5.74, 6) is 0.0719. The summed E-state index contributed by atoms with van der Waals surface area (Å²) >= 11 is 0. The molecule has 1 heterocycles. The van der Waals surface area contributed by atoms with Gasteiger partial charge in [0, 0.05) is 13.0 Å². The predicted molar refractivity (Wildman–Crippen MR) is 36.6 cm³/mol. The van der Waals surface area contributed by atoms with Gasteiger partial charge >= 0.3 is 0 Å². The highest BCUT2D eigenvalue weighted by Gasteiger charge is 2.31. The van der Waals surface area contributed by atoms with E-state index in [9.17, 15) is 9.18 Å². The molecule has 1 aliphatic rings. The minimum Gasteiger partial charge on any atom is -0.298 e. The van der Waals surface area contributed by atoms with Crippen molar-refractivity contribution < 1.29 is 9.18 Å². The first-order valence-electron chi connectivity index (χ1n) is 3.46. The zero-order chi connectivity index (χ0) is 7.72. The van der Waals surface area contributed by atoms with Crippen LogP contribution in [-0.4, -0.2) is 36.5 Å². The Morgan fingerprint density at radius 3 is 2.50 bits per heavy atom. The van der Waals surface area contributed by atoms with Crippen LogP contribution in [0.15, 0.2) is 0 Å². The van der Waals surface area contributed by atoms with E-state index in [1.165, 1.54) is 6.92 Å². The molecule has 0 aliphatic carbocycles. The zero-order valence-electron chi connectivity index (χ0n) is 6.30. The van der Waals surface area contributed by atoms with Crippen LogP contribution in [0, 0.1) is 0 Å². The Morgan fingerprint density at radius 1 is 1.70 bits per heavy atom. The lowest BCUT2D eigenvalue weighted by atomic mass is 10.1. The Kier molecular flexibility index (Phi) is 2.04. The van der Waals surface area contributed by atoms with E-state index in [1.54, 1.807) is 11.9 Å². The van der Waals surface area contributed by atoms with Crippen molar-refractivity contribution in [2.24, 2.45) is 0 Å². The first-order valence-corrected chi connectivity index (χ1v) is 3.46. The fraction of sp³-hybridized carbons (Fsp3) is 0.857. The maximum absolute atomic E-state index is 12.6. The number of rotatable bonds is 1. The second kappa shape index (κ2) is 2.66. The predicted octanol–water partition coefficient (Wildman–Crippen LogP) is 0.618. The van der Waals surface area contributed by atoms with E-state index in [2.05, 4.69) is 0 Å². The van der Waals surface area contributed by atoms with Crippen LogP contribution in [0.1, 0.15) is 13.3 Å². The highest BCUT2D eigenvalue weighted by Crippen LogP contribution is 2.18. The van der Waals surface area contributed by atoms with E-state index >= 15 is 0 Å². The highest BCUT2D eigenvalue weighted by molar-refractivity contribution is 5.81. The summed E-state index contributed by atoms with van der Waals surface area (Å²) < 4.78 is 12.6. The Morgan fingerprint density at radius 2 is 2.30 bits per heavy atom. The summed E-state index contributed by atoms with van der Waals surface area (Å²) in [5, 5.41) is 0. The van der Waals surface area contributed by atoms with Gasteiger partial charge in [-0.1, -0.05) is 0 Å². The number of nitrogens with zero attached hydrogens (tertiary/aromatic N) is 1. The van der Waals surface area contributed by atoms with E-state index in [-0.39, 0.29) is 11.8 Å². The largest absolute Gasteiger partial charge is 0.298 e. The summed E-state index contributed by atoms with van der Waals surface area (Å²) in [7, 11) is 1.78. The summed E-state index contributed by atoms with van der Waals surface area (Å²) in [5.41, 5.74) is 0. The van der Waals surface area contributed by atoms with Crippen LogP contribution in [0.4, 0.5) is 4.39 Å². The molecule has 1 aliphatic heterocycles. The van der Waals surface area contributed by atoms with Crippen molar-refractivity contribution in [3.63, 3.8) is 0 Å². The summed E-state index contributed by atoms with van der Waals surface area (Å²) in [6, 6.07) is -0.171. The number of carbonyl (C=O) groups excluding carboxylic acids is 1. The molecule has 10 heavy (non-hydrogen) atoms. The van der Waals surface area contributed by atoms with Gasteiger partial charge in [0.05, 0.1) is 6.04 Å². The lowest BCUT2D eigenvalue weighted by molar-refractivity contribution is -0.120. The first kappa shape index (κ1) is 7.66. The van der Waals surface area contributed by atoms with Crippen molar-refractivity contribution in [1.29, 1.82) is 0 Å². The summed E-state index contributed by atoms with van der Waals surface area (Å²) in [6.45, 7) is 1.92. The fourth-order valence-electron chi connectivity index (χ4n) is 1.41. The Hall–Kier alpha value is -0.440. The van der Waals surface area contributed by atoms with E-state index in [0.717, 1.165) is 0 Å². The number of hydrogen-bond acceptors (Lipinski definition) is 2. The Balaban J connectivity index is 2.54. The number of likely N-dealkylation sites (N-methyl/N-ethyl adjacent to an activating group) is 1. The van der Waals surface area contributed by atoms with Gasteiger partial charge in [0.15, 0.2) is 0 Å².